The van der Waals surface area contributed by atoms with Crippen molar-refractivity contribution in [1.29, 1.82) is 0 Å². The molecular weight excluding hydrogens is 278 g/mol. The number of ether oxygens (including phenoxy) is 1. The number of benzene rings is 1. The lowest BCUT2D eigenvalue weighted by Gasteiger charge is -2.19. The van der Waals surface area contributed by atoms with Gasteiger partial charge in [0.25, 0.3) is 0 Å². The summed E-state index contributed by atoms with van der Waals surface area (Å²) >= 11 is 0. The number of sulfone groups is 1. The van der Waals surface area contributed by atoms with Crippen molar-refractivity contribution in [1.82, 2.24) is 0 Å². The first-order valence-electron chi connectivity index (χ1n) is 6.41. The van der Waals surface area contributed by atoms with E-state index < -0.39 is 15.4 Å². The van der Waals surface area contributed by atoms with Gasteiger partial charge in [-0.05, 0) is 32.9 Å². The van der Waals surface area contributed by atoms with Gasteiger partial charge in [-0.3, -0.25) is 4.79 Å². The molecule has 1 aromatic carbocycles. The maximum atomic E-state index is 11.9. The molecular formula is C14H21NO4S. The van der Waals surface area contributed by atoms with Gasteiger partial charge in [0, 0.05) is 0 Å². The molecule has 0 aliphatic heterocycles. The fourth-order valence-electron chi connectivity index (χ4n) is 1.46. The van der Waals surface area contributed by atoms with Crippen LogP contribution in [0, 0.1) is 0 Å². The average Bonchev–Trinajstić information content (AvgIpc) is 2.36. The summed E-state index contributed by atoms with van der Waals surface area (Å²) in [5, 5.41) is 2.58. The van der Waals surface area contributed by atoms with Crippen LogP contribution in [0.5, 0.6) is 0 Å². The maximum Gasteiger partial charge on any atom is 0.250 e. The molecule has 1 N–H and O–H groups in total. The molecule has 0 aliphatic carbocycles. The van der Waals surface area contributed by atoms with Gasteiger partial charge in [-0.15, -0.1) is 0 Å². The second-order valence-electron chi connectivity index (χ2n) is 5.35. The third-order valence-electron chi connectivity index (χ3n) is 2.51. The van der Waals surface area contributed by atoms with Crippen molar-refractivity contribution in [3.8, 4) is 0 Å². The Morgan fingerprint density at radius 1 is 1.25 bits per heavy atom. The van der Waals surface area contributed by atoms with E-state index in [4.69, 9.17) is 4.74 Å². The van der Waals surface area contributed by atoms with Crippen molar-refractivity contribution in [2.45, 2.75) is 38.2 Å². The van der Waals surface area contributed by atoms with E-state index in [0.717, 1.165) is 0 Å². The molecule has 0 radical (unpaired) electrons. The van der Waals surface area contributed by atoms with E-state index in [-0.39, 0.29) is 28.8 Å². The SMILES string of the molecule is CCS(=O)(=O)c1ccccc1NC(=O)COC(C)(C)C. The van der Waals surface area contributed by atoms with Crippen LogP contribution in [0.15, 0.2) is 29.2 Å². The van der Waals surface area contributed by atoms with Gasteiger partial charge in [0.15, 0.2) is 9.84 Å². The Balaban J connectivity index is 2.86. The first-order chi connectivity index (χ1) is 9.15. The summed E-state index contributed by atoms with van der Waals surface area (Å²) in [6, 6.07) is 6.36. The number of nitrogens with one attached hydrogen (secondary N) is 1. The monoisotopic (exact) mass is 299 g/mol. The van der Waals surface area contributed by atoms with Gasteiger partial charge in [0.1, 0.15) is 6.61 Å². The van der Waals surface area contributed by atoms with Crippen LogP contribution in [0.25, 0.3) is 0 Å². The Bertz CT molecular complexity index is 573. The van der Waals surface area contributed by atoms with E-state index in [0.29, 0.717) is 0 Å². The molecule has 0 unspecified atom stereocenters. The Labute approximate surface area is 120 Å². The summed E-state index contributed by atoms with van der Waals surface area (Å²) in [6.45, 7) is 6.97. The highest BCUT2D eigenvalue weighted by atomic mass is 32.2. The van der Waals surface area contributed by atoms with Gasteiger partial charge in [0.05, 0.1) is 21.9 Å². The molecule has 20 heavy (non-hydrogen) atoms. The van der Waals surface area contributed by atoms with Crippen LogP contribution in [0.4, 0.5) is 5.69 Å². The molecule has 0 bridgehead atoms. The topological polar surface area (TPSA) is 72.5 Å². The second kappa shape index (κ2) is 6.37. The molecule has 0 saturated heterocycles. The molecule has 6 heteroatoms. The predicted octanol–water partition coefficient (Wildman–Crippen LogP) is 2.23. The van der Waals surface area contributed by atoms with Crippen molar-refractivity contribution in [2.24, 2.45) is 0 Å². The van der Waals surface area contributed by atoms with Crippen molar-refractivity contribution >= 4 is 21.4 Å². The number of anilines is 1. The highest BCUT2D eigenvalue weighted by molar-refractivity contribution is 7.91. The molecule has 0 fully saturated rings. The molecule has 0 heterocycles. The van der Waals surface area contributed by atoms with Gasteiger partial charge in [-0.2, -0.15) is 0 Å². The van der Waals surface area contributed by atoms with Gasteiger partial charge < -0.3 is 10.1 Å². The molecule has 5 nitrogen and oxygen atoms in total. The molecule has 1 amide bonds. The number of carbonyl (C=O) groups excluding carboxylic acids is 1. The second-order valence-corrected chi connectivity index (χ2v) is 7.60. The number of carbonyl (C=O) groups is 1. The van der Waals surface area contributed by atoms with Crippen LogP contribution in [0.2, 0.25) is 0 Å². The van der Waals surface area contributed by atoms with E-state index in [1.807, 2.05) is 20.8 Å². The minimum absolute atomic E-state index is 0.0155. The summed E-state index contributed by atoms with van der Waals surface area (Å²) in [5.74, 6) is -0.392. The number of hydrogen-bond acceptors (Lipinski definition) is 4. The molecule has 112 valence electrons. The number of rotatable bonds is 5. The molecule has 0 atom stereocenters. The van der Waals surface area contributed by atoms with Crippen molar-refractivity contribution in [3.05, 3.63) is 24.3 Å². The first kappa shape index (κ1) is 16.7. The van der Waals surface area contributed by atoms with E-state index in [1.165, 1.54) is 6.07 Å². The van der Waals surface area contributed by atoms with E-state index in [1.54, 1.807) is 25.1 Å². The van der Waals surface area contributed by atoms with Crippen molar-refractivity contribution < 1.29 is 17.9 Å². The van der Waals surface area contributed by atoms with Gasteiger partial charge in [0.2, 0.25) is 5.91 Å². The van der Waals surface area contributed by atoms with E-state index in [9.17, 15) is 13.2 Å². The van der Waals surface area contributed by atoms with E-state index in [2.05, 4.69) is 5.32 Å². The number of hydrogen-bond donors (Lipinski definition) is 1. The number of para-hydroxylation sites is 1. The normalized spacial score (nSPS) is 12.2. The van der Waals surface area contributed by atoms with Crippen LogP contribution in [0.3, 0.4) is 0 Å². The van der Waals surface area contributed by atoms with Crippen LogP contribution in [-0.4, -0.2) is 32.3 Å². The minimum atomic E-state index is -3.37. The molecule has 1 rings (SSSR count). The highest BCUT2D eigenvalue weighted by Crippen LogP contribution is 2.22. The summed E-state index contributed by atoms with van der Waals surface area (Å²) in [7, 11) is -3.37. The Kier molecular flexibility index (Phi) is 5.30. The molecule has 1 aromatic rings. The third kappa shape index (κ3) is 4.94. The van der Waals surface area contributed by atoms with Gasteiger partial charge in [-0.25, -0.2) is 8.42 Å². The highest BCUT2D eigenvalue weighted by Gasteiger charge is 2.18. The molecule has 0 spiro atoms. The zero-order valence-corrected chi connectivity index (χ0v) is 13.1. The zero-order valence-electron chi connectivity index (χ0n) is 12.3. The fraction of sp³-hybridized carbons (Fsp3) is 0.500. The molecule has 0 saturated carbocycles. The van der Waals surface area contributed by atoms with Gasteiger partial charge >= 0.3 is 0 Å². The Morgan fingerprint density at radius 2 is 1.85 bits per heavy atom. The van der Waals surface area contributed by atoms with Crippen LogP contribution >= 0.6 is 0 Å². The summed E-state index contributed by atoms with van der Waals surface area (Å²) in [5.41, 5.74) is -0.135. The molecule has 0 aromatic heterocycles. The smallest absolute Gasteiger partial charge is 0.250 e. The first-order valence-corrected chi connectivity index (χ1v) is 8.06. The van der Waals surface area contributed by atoms with Crippen LogP contribution in [0.1, 0.15) is 27.7 Å². The minimum Gasteiger partial charge on any atom is -0.366 e. The Hall–Kier alpha value is -1.40. The lowest BCUT2D eigenvalue weighted by Crippen LogP contribution is -2.27. The largest absolute Gasteiger partial charge is 0.366 e. The van der Waals surface area contributed by atoms with E-state index >= 15 is 0 Å². The van der Waals surface area contributed by atoms with Crippen LogP contribution in [-0.2, 0) is 19.4 Å². The molecule has 0 aliphatic rings. The van der Waals surface area contributed by atoms with Crippen LogP contribution < -0.4 is 5.32 Å². The average molecular weight is 299 g/mol. The quantitative estimate of drug-likeness (QED) is 0.905. The summed E-state index contributed by atoms with van der Waals surface area (Å²) in [4.78, 5) is 11.9. The zero-order chi connectivity index (χ0) is 15.4. The lowest BCUT2D eigenvalue weighted by atomic mass is 10.2. The fourth-order valence-corrected chi connectivity index (χ4v) is 2.52. The summed E-state index contributed by atoms with van der Waals surface area (Å²) < 4.78 is 29.2. The summed E-state index contributed by atoms with van der Waals surface area (Å²) in [6.07, 6.45) is 0. The van der Waals surface area contributed by atoms with Crippen molar-refractivity contribution in [3.63, 3.8) is 0 Å². The lowest BCUT2D eigenvalue weighted by molar-refractivity contribution is -0.125. The predicted molar refractivity (Wildman–Crippen MR) is 78.5 cm³/mol. The Morgan fingerprint density at radius 3 is 2.40 bits per heavy atom. The van der Waals surface area contributed by atoms with Gasteiger partial charge in [-0.1, -0.05) is 19.1 Å². The number of amides is 1. The third-order valence-corrected chi connectivity index (χ3v) is 4.30. The maximum absolute atomic E-state index is 11.9. The standard InChI is InChI=1S/C14H21NO4S/c1-5-20(17,18)12-9-7-6-8-11(12)15-13(16)10-19-14(2,3)4/h6-9H,5,10H2,1-4H3,(H,15,16). The van der Waals surface area contributed by atoms with Crippen molar-refractivity contribution in [2.75, 3.05) is 17.7 Å².